The van der Waals surface area contributed by atoms with E-state index in [2.05, 4.69) is 5.32 Å². The molecule has 0 saturated heterocycles. The van der Waals surface area contributed by atoms with Crippen molar-refractivity contribution in [2.45, 2.75) is 82.7 Å². The Morgan fingerprint density at radius 3 is 2.38 bits per heavy atom. The maximum Gasteiger partial charge on any atom is 0.244 e. The van der Waals surface area contributed by atoms with Crippen LogP contribution in [0.5, 0.6) is 0 Å². The van der Waals surface area contributed by atoms with E-state index in [-0.39, 0.29) is 37.2 Å². The second-order valence-corrected chi connectivity index (χ2v) is 10.4. The van der Waals surface area contributed by atoms with Gasteiger partial charge in [-0.15, -0.1) is 0 Å². The summed E-state index contributed by atoms with van der Waals surface area (Å²) in [5, 5.41) is 3.04. The number of hydrogen-bond acceptors (Lipinski definition) is 6. The van der Waals surface area contributed by atoms with Crippen LogP contribution < -0.4 is 27.4 Å². The fourth-order valence-electron chi connectivity index (χ4n) is 5.28. The number of para-hydroxylation sites is 1. The molecule has 4 amide bonds. The van der Waals surface area contributed by atoms with Crippen molar-refractivity contribution in [1.29, 1.82) is 0 Å². The molecule has 2 aliphatic heterocycles. The number of nitrogens with one attached hydrogen (secondary N) is 1. The summed E-state index contributed by atoms with van der Waals surface area (Å²) in [6.45, 7) is 2.12. The molecule has 0 bridgehead atoms. The first kappa shape index (κ1) is 28.3. The van der Waals surface area contributed by atoms with Gasteiger partial charge in [-0.3, -0.25) is 24.1 Å². The summed E-state index contributed by atoms with van der Waals surface area (Å²) in [6, 6.07) is 11.7. The van der Waals surface area contributed by atoms with Gasteiger partial charge in [0.25, 0.3) is 0 Å². The molecule has 0 radical (unpaired) electrons. The number of rotatable bonds is 12. The number of carbonyl (C=O) groups is 4. The third-order valence-corrected chi connectivity index (χ3v) is 7.54. The molecule has 7 N–H and O–H groups in total. The molecule has 2 aromatic rings. The fourth-order valence-corrected chi connectivity index (χ4v) is 5.28. The molecule has 10 nitrogen and oxygen atoms in total. The molecule has 0 saturated carbocycles. The summed E-state index contributed by atoms with van der Waals surface area (Å²) in [6.07, 6.45) is 2.40. The van der Waals surface area contributed by atoms with Crippen LogP contribution >= 0.6 is 0 Å². The Kier molecular flexibility index (Phi) is 8.98. The highest BCUT2D eigenvalue weighted by molar-refractivity contribution is 6.06. The Labute approximate surface area is 228 Å². The molecule has 2 aliphatic rings. The van der Waals surface area contributed by atoms with Gasteiger partial charge in [-0.05, 0) is 54.9 Å². The first-order chi connectivity index (χ1) is 18.6. The monoisotopic (exact) mass is 535 g/mol. The lowest BCUT2D eigenvalue weighted by Gasteiger charge is -2.30. The number of aryl methyl sites for hydroxylation is 2. The predicted molar refractivity (Wildman–Crippen MR) is 146 cm³/mol. The zero-order valence-electron chi connectivity index (χ0n) is 22.2. The number of hydrogen-bond donors (Lipinski definition) is 4. The van der Waals surface area contributed by atoms with Gasteiger partial charge in [-0.1, -0.05) is 42.5 Å². The zero-order chi connectivity index (χ0) is 28.1. The molecule has 2 heterocycles. The van der Waals surface area contributed by atoms with Crippen LogP contribution in [-0.4, -0.2) is 47.9 Å². The van der Waals surface area contributed by atoms with Crippen molar-refractivity contribution in [2.75, 3.05) is 4.90 Å². The van der Waals surface area contributed by atoms with E-state index in [1.807, 2.05) is 49.4 Å². The Bertz CT molecular complexity index is 1230. The zero-order valence-corrected chi connectivity index (χ0v) is 22.2. The third kappa shape index (κ3) is 6.82. The fraction of sp³-hybridized carbons (Fsp3) is 0.448. The summed E-state index contributed by atoms with van der Waals surface area (Å²) >= 11 is 0. The first-order valence-electron chi connectivity index (χ1n) is 13.4. The lowest BCUT2D eigenvalue weighted by molar-refractivity contribution is -0.128. The van der Waals surface area contributed by atoms with Gasteiger partial charge in [0.05, 0.1) is 30.5 Å². The van der Waals surface area contributed by atoms with E-state index in [1.54, 1.807) is 4.90 Å². The minimum absolute atomic E-state index is 0.0791. The number of anilines is 1. The molecule has 4 rings (SSSR count). The average Bonchev–Trinajstić information content (AvgIpc) is 3.26. The van der Waals surface area contributed by atoms with Crippen LogP contribution in [0.25, 0.3) is 0 Å². The van der Waals surface area contributed by atoms with E-state index in [4.69, 9.17) is 21.9 Å². The van der Waals surface area contributed by atoms with Crippen LogP contribution in [0.3, 0.4) is 0 Å². The van der Waals surface area contributed by atoms with Crippen molar-refractivity contribution < 1.29 is 23.9 Å². The maximum atomic E-state index is 13.6. The topological polar surface area (TPSA) is 171 Å². The number of benzene rings is 2. The van der Waals surface area contributed by atoms with Crippen LogP contribution in [0.2, 0.25) is 0 Å². The van der Waals surface area contributed by atoms with Crippen LogP contribution in [0.15, 0.2) is 42.5 Å². The third-order valence-electron chi connectivity index (χ3n) is 7.54. The summed E-state index contributed by atoms with van der Waals surface area (Å²) in [7, 11) is 0. The Morgan fingerprint density at radius 1 is 1.03 bits per heavy atom. The summed E-state index contributed by atoms with van der Waals surface area (Å²) in [4.78, 5) is 50.9. The highest BCUT2D eigenvalue weighted by atomic mass is 16.5. The van der Waals surface area contributed by atoms with Crippen LogP contribution in [0.4, 0.5) is 5.69 Å². The van der Waals surface area contributed by atoms with Crippen LogP contribution in [-0.2, 0) is 49.8 Å². The molecule has 0 unspecified atom stereocenters. The molecule has 0 aromatic heterocycles. The Hall–Kier alpha value is -3.76. The normalized spacial score (nSPS) is 19.6. The second-order valence-electron chi connectivity index (χ2n) is 10.4. The van der Waals surface area contributed by atoms with Gasteiger partial charge < -0.3 is 27.3 Å². The molecule has 39 heavy (non-hydrogen) atoms. The highest BCUT2D eigenvalue weighted by Gasteiger charge is 2.43. The molecular weight excluding hydrogens is 498 g/mol. The molecule has 2 aromatic carbocycles. The van der Waals surface area contributed by atoms with Crippen molar-refractivity contribution in [3.05, 3.63) is 64.7 Å². The molecule has 0 spiro atoms. The van der Waals surface area contributed by atoms with E-state index in [9.17, 15) is 19.2 Å². The van der Waals surface area contributed by atoms with E-state index in [1.165, 1.54) is 0 Å². The minimum atomic E-state index is -0.728. The molecule has 0 aliphatic carbocycles. The summed E-state index contributed by atoms with van der Waals surface area (Å²) < 4.78 is 6.09. The molecule has 0 fully saturated rings. The number of carbonyl (C=O) groups excluding carboxylic acids is 4. The van der Waals surface area contributed by atoms with Crippen molar-refractivity contribution >= 4 is 29.3 Å². The number of ether oxygens (including phenoxy) is 1. The second kappa shape index (κ2) is 12.4. The van der Waals surface area contributed by atoms with Crippen molar-refractivity contribution in [1.82, 2.24) is 5.32 Å². The van der Waals surface area contributed by atoms with Gasteiger partial charge in [0.1, 0.15) is 6.04 Å². The lowest BCUT2D eigenvalue weighted by Crippen LogP contribution is -2.55. The van der Waals surface area contributed by atoms with Crippen LogP contribution in [0.1, 0.15) is 54.9 Å². The van der Waals surface area contributed by atoms with Gasteiger partial charge in [0.2, 0.25) is 23.6 Å². The minimum Gasteiger partial charge on any atom is -0.372 e. The SMILES string of the molecule is C[C@@H](OCc1ccc(CCC(N)=O)cc1)[C@H](CCC(N)=O)NC(=O)[C@@H]1Cc2cccc3c2N1C(=O)[C@@H](N)CC3. The maximum absolute atomic E-state index is 13.6. The van der Waals surface area contributed by atoms with Gasteiger partial charge in [-0.25, -0.2) is 0 Å². The van der Waals surface area contributed by atoms with E-state index < -0.39 is 30.1 Å². The van der Waals surface area contributed by atoms with Gasteiger partial charge >= 0.3 is 0 Å². The van der Waals surface area contributed by atoms with Crippen molar-refractivity contribution in [3.63, 3.8) is 0 Å². The van der Waals surface area contributed by atoms with Gasteiger partial charge in [-0.2, -0.15) is 0 Å². The average molecular weight is 536 g/mol. The standard InChI is InChI=1S/C29H37N5O5/c1-17(39-16-19-7-5-18(6-8-19)9-13-25(31)35)23(12-14-26(32)36)33-28(37)24-15-21-4-2-3-20-10-11-22(30)29(38)34(24)27(20)21/h2-8,17,22-24H,9-16,30H2,1H3,(H2,31,35)(H2,32,36)(H,33,37)/t17-,22+,23+,24+/m1/s1. The van der Waals surface area contributed by atoms with Crippen molar-refractivity contribution in [2.24, 2.45) is 17.2 Å². The molecule has 4 atom stereocenters. The van der Waals surface area contributed by atoms with Gasteiger partial charge in [0, 0.05) is 19.3 Å². The number of primary amides is 2. The highest BCUT2D eigenvalue weighted by Crippen LogP contribution is 2.38. The summed E-state index contributed by atoms with van der Waals surface area (Å²) in [5.41, 5.74) is 21.5. The van der Waals surface area contributed by atoms with Gasteiger partial charge in [0.15, 0.2) is 0 Å². The number of nitrogens with two attached hydrogens (primary N) is 3. The predicted octanol–water partition coefficient (Wildman–Crippen LogP) is 0.991. The molecule has 10 heteroatoms. The Balaban J connectivity index is 1.44. The Morgan fingerprint density at radius 2 is 1.69 bits per heavy atom. The van der Waals surface area contributed by atoms with Crippen molar-refractivity contribution in [3.8, 4) is 0 Å². The first-order valence-corrected chi connectivity index (χ1v) is 13.4. The van der Waals surface area contributed by atoms with Crippen LogP contribution in [0, 0.1) is 0 Å². The van der Waals surface area contributed by atoms with E-state index in [0.29, 0.717) is 32.1 Å². The summed E-state index contributed by atoms with van der Waals surface area (Å²) in [5.74, 6) is -1.38. The van der Waals surface area contributed by atoms with E-state index in [0.717, 1.165) is 27.9 Å². The quantitative estimate of drug-likeness (QED) is 0.316. The smallest absolute Gasteiger partial charge is 0.244 e. The largest absolute Gasteiger partial charge is 0.372 e. The number of nitrogens with zero attached hydrogens (tertiary/aromatic N) is 1. The molecule has 208 valence electrons. The molecular formula is C29H37N5O5. The van der Waals surface area contributed by atoms with E-state index >= 15 is 0 Å². The lowest BCUT2D eigenvalue weighted by atomic mass is 10.0. The number of amides is 4.